The van der Waals surface area contributed by atoms with Crippen LogP contribution in [0, 0.1) is 23.7 Å². The van der Waals surface area contributed by atoms with Gasteiger partial charge in [0.2, 0.25) is 0 Å². The van der Waals surface area contributed by atoms with Gasteiger partial charge >= 0.3 is 11.9 Å². The number of rotatable bonds is 7. The molecule has 4 aliphatic rings. The summed E-state index contributed by atoms with van der Waals surface area (Å²) in [7, 11) is 5.58. The minimum atomic E-state index is -0.846. The second-order valence-electron chi connectivity index (χ2n) is 15.5. The van der Waals surface area contributed by atoms with Crippen molar-refractivity contribution in [2.24, 2.45) is 37.8 Å². The number of carboxylic acid groups (broad SMARTS) is 1. The van der Waals surface area contributed by atoms with Gasteiger partial charge in [0.25, 0.3) is 5.91 Å². The van der Waals surface area contributed by atoms with Crippen molar-refractivity contribution in [2.75, 3.05) is 46.6 Å². The predicted octanol–water partition coefficient (Wildman–Crippen LogP) is 6.75. The molecular formula is C43H55N3O7. The van der Waals surface area contributed by atoms with Crippen LogP contribution >= 0.6 is 0 Å². The third kappa shape index (κ3) is 7.49. The maximum absolute atomic E-state index is 13.1. The first-order valence-corrected chi connectivity index (χ1v) is 19.6. The zero-order valence-electron chi connectivity index (χ0n) is 31.8. The van der Waals surface area contributed by atoms with Crippen LogP contribution in [0.1, 0.15) is 88.7 Å². The molecule has 2 atom stereocenters. The maximum atomic E-state index is 13.1. The Morgan fingerprint density at radius 2 is 1.21 bits per heavy atom. The van der Waals surface area contributed by atoms with Crippen LogP contribution in [0.25, 0.3) is 21.8 Å². The largest absolute Gasteiger partial charge is 0.478 e. The molecular weight excluding hydrogens is 670 g/mol. The number of ether oxygens (including phenoxy) is 3. The summed E-state index contributed by atoms with van der Waals surface area (Å²) in [6.07, 6.45) is 11.5. The molecule has 10 nitrogen and oxygen atoms in total. The third-order valence-corrected chi connectivity index (χ3v) is 12.9. The molecule has 53 heavy (non-hydrogen) atoms. The number of likely N-dealkylation sites (N-methyl/N-ethyl adjacent to an activating group) is 1. The van der Waals surface area contributed by atoms with Crippen LogP contribution in [-0.4, -0.2) is 83.6 Å². The fourth-order valence-electron chi connectivity index (χ4n) is 9.79. The smallest absolute Gasteiger partial charge is 0.335 e. The number of hydrogen-bond acceptors (Lipinski definition) is 6. The molecule has 10 heteroatoms. The monoisotopic (exact) mass is 725 g/mol. The first-order valence-electron chi connectivity index (χ1n) is 19.6. The Morgan fingerprint density at radius 3 is 1.66 bits per heavy atom. The summed E-state index contributed by atoms with van der Waals surface area (Å²) in [5, 5.41) is 11.6. The van der Waals surface area contributed by atoms with Gasteiger partial charge in [-0.25, -0.2) is 4.79 Å². The molecule has 0 spiro atoms. The Balaban J connectivity index is 0.000000170. The van der Waals surface area contributed by atoms with Gasteiger partial charge in [0.05, 0.1) is 12.7 Å². The highest BCUT2D eigenvalue weighted by Gasteiger charge is 2.32. The summed E-state index contributed by atoms with van der Waals surface area (Å²) in [6, 6.07) is 11.5. The highest BCUT2D eigenvalue weighted by Crippen LogP contribution is 2.41. The highest BCUT2D eigenvalue weighted by atomic mass is 16.5. The van der Waals surface area contributed by atoms with Crippen molar-refractivity contribution in [2.45, 2.75) is 71.1 Å². The number of aromatic nitrogens is 2. The molecule has 4 aromatic rings. The first-order chi connectivity index (χ1) is 25.7. The van der Waals surface area contributed by atoms with Crippen molar-refractivity contribution in [3.05, 3.63) is 70.0 Å². The predicted molar refractivity (Wildman–Crippen MR) is 205 cm³/mol. The van der Waals surface area contributed by atoms with Crippen molar-refractivity contribution in [3.63, 3.8) is 0 Å². The summed E-state index contributed by atoms with van der Waals surface area (Å²) in [5.74, 6) is 1.53. The summed E-state index contributed by atoms with van der Waals surface area (Å²) >= 11 is 0. The second kappa shape index (κ2) is 16.1. The van der Waals surface area contributed by atoms with Crippen molar-refractivity contribution in [1.82, 2.24) is 14.0 Å². The van der Waals surface area contributed by atoms with Crippen LogP contribution in [0.4, 0.5) is 0 Å². The molecule has 8 rings (SSSR count). The van der Waals surface area contributed by atoms with Crippen molar-refractivity contribution in [1.29, 1.82) is 0 Å². The molecule has 1 amide bonds. The number of amides is 1. The van der Waals surface area contributed by atoms with Gasteiger partial charge in [-0.05, 0) is 142 Å². The standard InChI is InChI=1S/C24H32N2O4.C19H23NO3/c1-4-26(15-23(27)29-3)24(28)18-6-8-22-20(14-18)19-13-17(5-7-21(19)25(22)2)16-9-11-30-12-10-16;1-20-17-4-2-13(12-6-8-23-9-7-12)10-15(17)16-11-14(19(21)22)3-5-18(16)20/h6,8,14,16-17H,4-5,7,9-13,15H2,1-3H3;3,5,11-13H,2,4,6-10H2,1H3,(H,21,22). The molecule has 2 aromatic heterocycles. The van der Waals surface area contributed by atoms with Crippen molar-refractivity contribution < 1.29 is 33.7 Å². The third-order valence-electron chi connectivity index (χ3n) is 12.9. The number of benzene rings is 2. The molecule has 2 aromatic carbocycles. The Hall–Kier alpha value is -4.15. The SMILES string of the molecule is CCN(CC(=O)OC)C(=O)c1ccc2c(c1)c1c(n2C)CCC(C2CCOCC2)C1.Cn1c2c(c3cc(C(=O)O)ccc31)CC(C1CCOCC1)CC2. The van der Waals surface area contributed by atoms with E-state index in [9.17, 15) is 19.5 Å². The number of carbonyl (C=O) groups excluding carboxylic acids is 2. The summed E-state index contributed by atoms with van der Waals surface area (Å²) in [4.78, 5) is 37.6. The van der Waals surface area contributed by atoms with Gasteiger partial charge in [-0.3, -0.25) is 9.59 Å². The van der Waals surface area contributed by atoms with Crippen LogP contribution in [0.15, 0.2) is 36.4 Å². The lowest BCUT2D eigenvalue weighted by Gasteiger charge is -2.33. The molecule has 2 aliphatic carbocycles. The molecule has 284 valence electrons. The molecule has 1 N–H and O–H groups in total. The number of aromatic carboxylic acids is 1. The second-order valence-corrected chi connectivity index (χ2v) is 15.5. The van der Waals surface area contributed by atoms with Gasteiger partial charge < -0.3 is 33.4 Å². The average Bonchev–Trinajstić information content (AvgIpc) is 3.65. The lowest BCUT2D eigenvalue weighted by atomic mass is 9.75. The normalized spacial score (nSPS) is 20.7. The van der Waals surface area contributed by atoms with E-state index >= 15 is 0 Å². The van der Waals surface area contributed by atoms with Crippen molar-refractivity contribution in [3.8, 4) is 0 Å². The van der Waals surface area contributed by atoms with Crippen LogP contribution < -0.4 is 0 Å². The fourth-order valence-corrected chi connectivity index (χ4v) is 9.79. The van der Waals surface area contributed by atoms with Gasteiger partial charge in [-0.2, -0.15) is 0 Å². The summed E-state index contributed by atoms with van der Waals surface area (Å²) in [5.41, 5.74) is 8.95. The van der Waals surface area contributed by atoms with Gasteiger partial charge in [-0.1, -0.05) is 0 Å². The molecule has 2 fully saturated rings. The van der Waals surface area contributed by atoms with E-state index in [-0.39, 0.29) is 12.5 Å². The van der Waals surface area contributed by atoms with E-state index in [4.69, 9.17) is 14.2 Å². The number of methoxy groups -OCH3 is 1. The number of aryl methyl sites for hydroxylation is 2. The van der Waals surface area contributed by atoms with Crippen LogP contribution in [0.3, 0.4) is 0 Å². The van der Waals surface area contributed by atoms with Gasteiger partial charge in [0, 0.05) is 85.8 Å². The molecule has 2 saturated heterocycles. The molecule has 2 unspecified atom stereocenters. The average molecular weight is 726 g/mol. The van der Waals surface area contributed by atoms with E-state index in [1.54, 1.807) is 6.07 Å². The number of fused-ring (bicyclic) bond motifs is 6. The minimum Gasteiger partial charge on any atom is -0.478 e. The quantitative estimate of drug-likeness (QED) is 0.210. The zero-order chi connectivity index (χ0) is 37.2. The molecule has 0 bridgehead atoms. The van der Waals surface area contributed by atoms with E-state index < -0.39 is 11.9 Å². The van der Waals surface area contributed by atoms with E-state index in [1.165, 1.54) is 71.1 Å². The fraction of sp³-hybridized carbons (Fsp3) is 0.558. The zero-order valence-corrected chi connectivity index (χ0v) is 31.8. The topological polar surface area (TPSA) is 112 Å². The number of carbonyl (C=O) groups is 3. The number of hydrogen-bond donors (Lipinski definition) is 1. The minimum absolute atomic E-state index is 0.0252. The number of carboxylic acids is 1. The van der Waals surface area contributed by atoms with Crippen LogP contribution in [0.2, 0.25) is 0 Å². The first kappa shape index (κ1) is 37.2. The van der Waals surface area contributed by atoms with E-state index in [0.29, 0.717) is 29.5 Å². The van der Waals surface area contributed by atoms with Gasteiger partial charge in [0.1, 0.15) is 6.54 Å². The number of nitrogens with zero attached hydrogens (tertiary/aromatic N) is 3. The van der Waals surface area contributed by atoms with E-state index in [1.807, 2.05) is 31.2 Å². The number of esters is 1. The molecule has 0 saturated carbocycles. The van der Waals surface area contributed by atoms with Crippen molar-refractivity contribution >= 4 is 39.7 Å². The van der Waals surface area contributed by atoms with Crippen LogP contribution in [0.5, 0.6) is 0 Å². The van der Waals surface area contributed by atoms with E-state index in [0.717, 1.165) is 87.7 Å². The molecule has 2 aliphatic heterocycles. The Morgan fingerprint density at radius 1 is 0.736 bits per heavy atom. The Labute approximate surface area is 312 Å². The lowest BCUT2D eigenvalue weighted by molar-refractivity contribution is -0.141. The van der Waals surface area contributed by atoms with Crippen LogP contribution in [-0.2, 0) is 58.8 Å². The van der Waals surface area contributed by atoms with Gasteiger partial charge in [-0.15, -0.1) is 0 Å². The highest BCUT2D eigenvalue weighted by molar-refractivity contribution is 6.00. The maximum Gasteiger partial charge on any atom is 0.335 e. The lowest BCUT2D eigenvalue weighted by Crippen LogP contribution is -2.36. The van der Waals surface area contributed by atoms with Gasteiger partial charge in [0.15, 0.2) is 0 Å². The summed E-state index contributed by atoms with van der Waals surface area (Å²) in [6.45, 7) is 5.87. The Kier molecular flexibility index (Phi) is 11.3. The van der Waals surface area contributed by atoms with E-state index in [2.05, 4.69) is 29.3 Å². The summed E-state index contributed by atoms with van der Waals surface area (Å²) < 4.78 is 20.4. The molecule has 4 heterocycles. The molecule has 0 radical (unpaired) electrons. The Bertz CT molecular complexity index is 1980.